The number of fused-ring (bicyclic) bond motifs is 2. The van der Waals surface area contributed by atoms with Crippen LogP contribution in [0.15, 0.2) is 85.1 Å². The van der Waals surface area contributed by atoms with Gasteiger partial charge in [-0.15, -0.1) is 0 Å². The summed E-state index contributed by atoms with van der Waals surface area (Å²) in [6.07, 6.45) is 1.87. The molecule has 0 radical (unpaired) electrons. The quantitative estimate of drug-likeness (QED) is 0.512. The van der Waals surface area contributed by atoms with Crippen molar-refractivity contribution in [1.82, 2.24) is 24.6 Å². The maximum Gasteiger partial charge on any atom is 0.159 e. The van der Waals surface area contributed by atoms with Crippen LogP contribution in [0.25, 0.3) is 0 Å². The number of pyridine rings is 1. The first-order valence-electron chi connectivity index (χ1n) is 14.2. The summed E-state index contributed by atoms with van der Waals surface area (Å²) in [6, 6.07) is 27.3. The van der Waals surface area contributed by atoms with Crippen molar-refractivity contribution < 1.29 is 4.79 Å². The summed E-state index contributed by atoms with van der Waals surface area (Å²) < 4.78 is 0. The molecule has 1 aromatic heterocycles. The Morgan fingerprint density at radius 1 is 0.692 bits per heavy atom. The molecule has 3 aromatic rings. The van der Waals surface area contributed by atoms with E-state index in [1.165, 1.54) is 0 Å². The van der Waals surface area contributed by atoms with Gasteiger partial charge in [0.15, 0.2) is 5.78 Å². The summed E-state index contributed by atoms with van der Waals surface area (Å²) in [7, 11) is 4.48. The van der Waals surface area contributed by atoms with Gasteiger partial charge in [-0.3, -0.25) is 19.6 Å². The predicted molar refractivity (Wildman–Crippen MR) is 156 cm³/mol. The van der Waals surface area contributed by atoms with Crippen LogP contribution in [0.4, 0.5) is 0 Å². The number of benzene rings is 2. The van der Waals surface area contributed by atoms with Gasteiger partial charge in [-0.2, -0.15) is 0 Å². The lowest BCUT2D eigenvalue weighted by molar-refractivity contribution is -0.149. The van der Waals surface area contributed by atoms with E-state index in [1.54, 1.807) is 0 Å². The number of aromatic nitrogens is 1. The molecule has 0 spiro atoms. The van der Waals surface area contributed by atoms with Gasteiger partial charge in [-0.25, -0.2) is 0 Å². The van der Waals surface area contributed by atoms with E-state index in [0.717, 1.165) is 62.6 Å². The van der Waals surface area contributed by atoms with E-state index in [-0.39, 0.29) is 5.54 Å². The number of carbonyl (C=O) groups is 1. The largest absolute Gasteiger partial charge is 0.303 e. The van der Waals surface area contributed by atoms with Gasteiger partial charge in [0, 0.05) is 70.6 Å². The Kier molecular flexibility index (Phi) is 6.92. The molecule has 3 aliphatic rings. The highest BCUT2D eigenvalue weighted by Gasteiger charge is 2.63. The maximum atomic E-state index is 15.1. The van der Waals surface area contributed by atoms with Gasteiger partial charge in [-0.1, -0.05) is 66.7 Å². The van der Waals surface area contributed by atoms with Gasteiger partial charge >= 0.3 is 0 Å². The molecule has 2 aromatic carbocycles. The summed E-state index contributed by atoms with van der Waals surface area (Å²) in [4.78, 5) is 29.9. The van der Waals surface area contributed by atoms with Crippen molar-refractivity contribution in [1.29, 1.82) is 0 Å². The van der Waals surface area contributed by atoms with Crippen LogP contribution in [0.5, 0.6) is 0 Å². The average molecular weight is 524 g/mol. The van der Waals surface area contributed by atoms with Gasteiger partial charge in [-0.05, 0) is 44.3 Å². The molecule has 0 amide bonds. The molecule has 0 aliphatic carbocycles. The highest BCUT2D eigenvalue weighted by atomic mass is 16.1. The summed E-state index contributed by atoms with van der Waals surface area (Å²) in [5.74, 6) is 0.375. The van der Waals surface area contributed by atoms with Gasteiger partial charge in [0.25, 0.3) is 0 Å². The second-order valence-corrected chi connectivity index (χ2v) is 12.5. The van der Waals surface area contributed by atoms with E-state index in [1.807, 2.05) is 12.3 Å². The van der Waals surface area contributed by atoms with Crippen molar-refractivity contribution >= 4 is 5.78 Å². The molecule has 6 nitrogen and oxygen atoms in total. The summed E-state index contributed by atoms with van der Waals surface area (Å²) >= 11 is 0. The molecule has 6 rings (SSSR count). The number of likely N-dealkylation sites (tertiary alicyclic amines) is 2. The average Bonchev–Trinajstić information content (AvgIpc) is 3.08. The highest BCUT2D eigenvalue weighted by molar-refractivity contribution is 6.01. The van der Waals surface area contributed by atoms with Crippen LogP contribution in [-0.2, 0) is 22.2 Å². The zero-order chi connectivity index (χ0) is 27.1. The Hall–Kier alpha value is -2.90. The minimum absolute atomic E-state index is 0.0794. The first-order chi connectivity index (χ1) is 18.8. The normalized spacial score (nSPS) is 28.7. The lowest BCUT2D eigenvalue weighted by Gasteiger charge is -2.61. The van der Waals surface area contributed by atoms with E-state index < -0.39 is 10.8 Å². The number of hydrogen-bond donors (Lipinski definition) is 0. The molecule has 6 heteroatoms. The van der Waals surface area contributed by atoms with Crippen molar-refractivity contribution in [3.05, 3.63) is 102 Å². The SMILES string of the molecule is CN1CCN(C)CC(C)(N2CC3(c4ccccc4)CN(Cc4ccccn4)CC(c4ccccc4)(C2)C3=O)C1. The smallest absolute Gasteiger partial charge is 0.159 e. The predicted octanol–water partition coefficient (Wildman–Crippen LogP) is 3.29. The van der Waals surface area contributed by atoms with Gasteiger partial charge in [0.1, 0.15) is 0 Å². The summed E-state index contributed by atoms with van der Waals surface area (Å²) in [5.41, 5.74) is 1.97. The number of hydrogen-bond acceptors (Lipinski definition) is 6. The van der Waals surface area contributed by atoms with Gasteiger partial charge in [0.2, 0.25) is 0 Å². The molecule has 2 bridgehead atoms. The molecule has 204 valence electrons. The van der Waals surface area contributed by atoms with E-state index in [4.69, 9.17) is 0 Å². The fourth-order valence-corrected chi connectivity index (χ4v) is 7.64. The molecule has 0 saturated carbocycles. The third kappa shape index (κ3) is 4.74. The molecular formula is C33H41N5O. The fraction of sp³-hybridized carbons (Fsp3) is 0.455. The lowest BCUT2D eigenvalue weighted by Crippen LogP contribution is -2.77. The Morgan fingerprint density at radius 2 is 1.21 bits per heavy atom. The lowest BCUT2D eigenvalue weighted by atomic mass is 9.57. The van der Waals surface area contributed by atoms with Crippen molar-refractivity contribution in [3.63, 3.8) is 0 Å². The number of rotatable bonds is 5. The molecule has 2 atom stereocenters. The molecule has 3 fully saturated rings. The monoisotopic (exact) mass is 523 g/mol. The van der Waals surface area contributed by atoms with Crippen LogP contribution < -0.4 is 0 Å². The molecular weight excluding hydrogens is 482 g/mol. The van der Waals surface area contributed by atoms with Crippen molar-refractivity contribution in [3.8, 4) is 0 Å². The van der Waals surface area contributed by atoms with Crippen LogP contribution in [0.1, 0.15) is 23.7 Å². The third-order valence-corrected chi connectivity index (χ3v) is 9.39. The zero-order valence-corrected chi connectivity index (χ0v) is 23.6. The van der Waals surface area contributed by atoms with Crippen LogP contribution in [-0.4, -0.2) is 102 Å². The minimum atomic E-state index is -0.630. The Labute approximate surface area is 233 Å². The standard InChI is InChI=1S/C33H41N5O/c1-31(21-35(2)18-19-36(3)22-31)38-25-32(27-12-6-4-7-13-27)23-37(20-29-16-10-11-17-34-29)24-33(26-38,30(32)39)28-14-8-5-9-15-28/h4-17H,18-26H2,1-3H3. The first kappa shape index (κ1) is 26.3. The van der Waals surface area contributed by atoms with Crippen molar-refractivity contribution in [2.75, 3.05) is 66.5 Å². The molecule has 39 heavy (non-hydrogen) atoms. The molecule has 3 saturated heterocycles. The van der Waals surface area contributed by atoms with Gasteiger partial charge in [0.05, 0.1) is 16.5 Å². The summed E-state index contributed by atoms with van der Waals surface area (Å²) in [5, 5.41) is 0. The van der Waals surface area contributed by atoms with Crippen molar-refractivity contribution in [2.24, 2.45) is 0 Å². The third-order valence-electron chi connectivity index (χ3n) is 9.39. The van der Waals surface area contributed by atoms with E-state index in [0.29, 0.717) is 18.9 Å². The molecule has 4 heterocycles. The number of likely N-dealkylation sites (N-methyl/N-ethyl adjacent to an activating group) is 2. The fourth-order valence-electron chi connectivity index (χ4n) is 7.64. The molecule has 0 N–H and O–H groups in total. The van der Waals surface area contributed by atoms with Gasteiger partial charge < -0.3 is 9.80 Å². The van der Waals surface area contributed by atoms with Crippen LogP contribution in [0.3, 0.4) is 0 Å². The summed E-state index contributed by atoms with van der Waals surface area (Å²) in [6.45, 7) is 10.1. The molecule has 3 aliphatic heterocycles. The second-order valence-electron chi connectivity index (χ2n) is 12.5. The number of Topliss-reactive ketones (excluding diaryl/α,β-unsaturated/α-hetero) is 1. The highest BCUT2D eigenvalue weighted by Crippen LogP contribution is 2.48. The number of ketones is 1. The van der Waals surface area contributed by atoms with E-state index in [9.17, 15) is 0 Å². The maximum absolute atomic E-state index is 15.1. The topological polar surface area (TPSA) is 42.9 Å². The first-order valence-corrected chi connectivity index (χ1v) is 14.2. The Balaban J connectivity index is 1.51. The van der Waals surface area contributed by atoms with E-state index in [2.05, 4.69) is 118 Å². The minimum Gasteiger partial charge on any atom is -0.303 e. The van der Waals surface area contributed by atoms with E-state index >= 15 is 4.79 Å². The number of piperidine rings is 2. The van der Waals surface area contributed by atoms with Crippen LogP contribution in [0.2, 0.25) is 0 Å². The van der Waals surface area contributed by atoms with Crippen molar-refractivity contribution in [2.45, 2.75) is 29.8 Å². The number of carbonyl (C=O) groups excluding carboxylic acids is 1. The Morgan fingerprint density at radius 3 is 1.69 bits per heavy atom. The van der Waals surface area contributed by atoms with Crippen LogP contribution in [0, 0.1) is 0 Å². The number of nitrogens with zero attached hydrogens (tertiary/aromatic N) is 5. The second kappa shape index (κ2) is 10.3. The Bertz CT molecular complexity index is 1210. The van der Waals surface area contributed by atoms with Crippen LogP contribution >= 0.6 is 0 Å². The zero-order valence-electron chi connectivity index (χ0n) is 23.6. The molecule has 2 unspecified atom stereocenters.